The van der Waals surface area contributed by atoms with E-state index in [9.17, 15) is 0 Å². The third kappa shape index (κ3) is 7.34. The van der Waals surface area contributed by atoms with Gasteiger partial charge in [0.25, 0.3) is 5.09 Å². The van der Waals surface area contributed by atoms with Gasteiger partial charge in [0.05, 0.1) is 6.33 Å². The number of halogens is 2. The Balaban J connectivity index is 0.000000593. The maximum absolute atomic E-state index is 8.36. The largest absolute Gasteiger partial charge is 0.337 e. The molecule has 0 saturated heterocycles. The first-order valence-electron chi connectivity index (χ1n) is 7.18. The van der Waals surface area contributed by atoms with Crippen molar-refractivity contribution in [3.8, 4) is 0 Å². The molecule has 1 aromatic carbocycles. The minimum absolute atomic E-state index is 0.402. The molecule has 126 valence electrons. The van der Waals surface area contributed by atoms with Gasteiger partial charge in [-0.25, -0.2) is 4.98 Å². The van der Waals surface area contributed by atoms with Crippen molar-refractivity contribution < 1.29 is 10.3 Å². The van der Waals surface area contributed by atoms with Crippen molar-refractivity contribution in [3.63, 3.8) is 0 Å². The highest BCUT2D eigenvalue weighted by molar-refractivity contribution is 6.35. The zero-order chi connectivity index (χ0) is 17.2. The maximum Gasteiger partial charge on any atom is 0.291 e. The molecule has 0 aliphatic rings. The molecule has 1 aromatic heterocycles. The molecule has 0 bridgehead atoms. The first kappa shape index (κ1) is 19.3. The number of hydrogen-bond donors (Lipinski definition) is 1. The lowest BCUT2D eigenvalue weighted by atomic mass is 9.93. The number of hydrogen-bond acceptors (Lipinski definition) is 3. The van der Waals surface area contributed by atoms with Crippen LogP contribution in [0.4, 0.5) is 0 Å². The molecule has 1 unspecified atom stereocenters. The minimum Gasteiger partial charge on any atom is -0.337 e. The molecule has 2 aromatic rings. The molecule has 1 atom stereocenters. The van der Waals surface area contributed by atoms with E-state index in [4.69, 9.17) is 38.5 Å². The molecule has 0 aliphatic carbocycles. The Labute approximate surface area is 144 Å². The summed E-state index contributed by atoms with van der Waals surface area (Å²) in [6, 6.07) is 5.78. The predicted octanol–water partition coefficient (Wildman–Crippen LogP) is 4.82. The zero-order valence-corrected chi connectivity index (χ0v) is 14.2. The van der Waals surface area contributed by atoms with Crippen LogP contribution in [0.15, 0.2) is 36.9 Å². The van der Waals surface area contributed by atoms with Gasteiger partial charge in [0.2, 0.25) is 0 Å². The van der Waals surface area contributed by atoms with Crippen LogP contribution in [0.1, 0.15) is 37.7 Å². The van der Waals surface area contributed by atoms with Gasteiger partial charge >= 0.3 is 0 Å². The van der Waals surface area contributed by atoms with Gasteiger partial charge < -0.3 is 9.77 Å². The highest BCUT2D eigenvalue weighted by Crippen LogP contribution is 2.31. The van der Waals surface area contributed by atoms with Gasteiger partial charge in [0.1, 0.15) is 0 Å². The fourth-order valence-corrected chi connectivity index (χ4v) is 2.84. The van der Waals surface area contributed by atoms with Crippen molar-refractivity contribution >= 4 is 23.2 Å². The Morgan fingerprint density at radius 3 is 2.65 bits per heavy atom. The summed E-state index contributed by atoms with van der Waals surface area (Å²) in [5.74, 6) is 0.402. The van der Waals surface area contributed by atoms with Crippen LogP contribution in [0.2, 0.25) is 10.0 Å². The SMILES string of the molecule is CCCCC(Cn1ccnc1)c1ccc(Cl)cc1Cl.O=[N+]([O-])O. The van der Waals surface area contributed by atoms with Crippen LogP contribution in [-0.4, -0.2) is 19.8 Å². The molecule has 0 amide bonds. The number of aromatic nitrogens is 2. The quantitative estimate of drug-likeness (QED) is 0.592. The first-order chi connectivity index (χ1) is 10.9. The van der Waals surface area contributed by atoms with Crippen molar-refractivity contribution in [2.45, 2.75) is 38.6 Å². The van der Waals surface area contributed by atoms with Crippen molar-refractivity contribution in [2.24, 2.45) is 0 Å². The summed E-state index contributed by atoms with van der Waals surface area (Å²) >= 11 is 12.3. The lowest BCUT2D eigenvalue weighted by Crippen LogP contribution is -2.09. The van der Waals surface area contributed by atoms with Crippen molar-refractivity contribution in [2.75, 3.05) is 0 Å². The number of imidazole rings is 1. The molecule has 0 aliphatic heterocycles. The molecule has 0 radical (unpaired) electrons. The Morgan fingerprint density at radius 2 is 2.13 bits per heavy atom. The Morgan fingerprint density at radius 1 is 1.43 bits per heavy atom. The summed E-state index contributed by atoms with van der Waals surface area (Å²) in [5.41, 5.74) is 1.17. The van der Waals surface area contributed by atoms with Crippen molar-refractivity contribution in [1.29, 1.82) is 0 Å². The fraction of sp³-hybridized carbons (Fsp3) is 0.400. The standard InChI is InChI=1S/C15H18Cl2N2.HNO3/c1-2-3-4-12(10-19-8-7-18-11-19)14-6-5-13(16)9-15(14)17;2-1(3)4/h5-9,11-12H,2-4,10H2,1H3;(H,2,3,4). The summed E-state index contributed by atoms with van der Waals surface area (Å²) in [4.78, 5) is 12.5. The fourth-order valence-electron chi connectivity index (χ4n) is 2.28. The Bertz CT molecular complexity index is 602. The molecular formula is C15H19Cl2N3O3. The molecule has 0 spiro atoms. The number of benzene rings is 1. The summed E-state index contributed by atoms with van der Waals surface area (Å²) in [5, 5.41) is 15.1. The third-order valence-electron chi connectivity index (χ3n) is 3.30. The van der Waals surface area contributed by atoms with Crippen LogP contribution in [0.25, 0.3) is 0 Å². The van der Waals surface area contributed by atoms with Gasteiger partial charge in [-0.1, -0.05) is 49.0 Å². The molecule has 1 N–H and O–H groups in total. The van der Waals surface area contributed by atoms with Crippen LogP contribution in [0.5, 0.6) is 0 Å². The average molecular weight is 360 g/mol. The van der Waals surface area contributed by atoms with E-state index in [-0.39, 0.29) is 0 Å². The third-order valence-corrected chi connectivity index (χ3v) is 3.86. The summed E-state index contributed by atoms with van der Waals surface area (Å²) < 4.78 is 2.10. The Hall–Kier alpha value is -1.79. The van der Waals surface area contributed by atoms with Crippen LogP contribution in [0, 0.1) is 10.1 Å². The van der Waals surface area contributed by atoms with Gasteiger partial charge in [0, 0.05) is 34.9 Å². The lowest BCUT2D eigenvalue weighted by Gasteiger charge is -2.19. The van der Waals surface area contributed by atoms with E-state index >= 15 is 0 Å². The number of rotatable bonds is 6. The van der Waals surface area contributed by atoms with E-state index in [1.54, 1.807) is 6.20 Å². The second-order valence-electron chi connectivity index (χ2n) is 5.00. The minimum atomic E-state index is -1.50. The zero-order valence-electron chi connectivity index (χ0n) is 12.7. The highest BCUT2D eigenvalue weighted by atomic mass is 35.5. The molecule has 6 nitrogen and oxygen atoms in total. The van der Waals surface area contributed by atoms with E-state index in [1.165, 1.54) is 18.4 Å². The Kier molecular flexibility index (Phi) is 8.43. The second-order valence-corrected chi connectivity index (χ2v) is 5.85. The molecule has 0 fully saturated rings. The summed E-state index contributed by atoms with van der Waals surface area (Å²) in [7, 11) is 0. The number of nitrogens with zero attached hydrogens (tertiary/aromatic N) is 3. The summed E-state index contributed by atoms with van der Waals surface area (Å²) in [6.07, 6.45) is 9.14. The monoisotopic (exact) mass is 359 g/mol. The molecule has 8 heteroatoms. The number of unbranched alkanes of at least 4 members (excludes halogenated alkanes) is 1. The van der Waals surface area contributed by atoms with Gasteiger partial charge in [0.15, 0.2) is 0 Å². The normalized spacial score (nSPS) is 11.4. The van der Waals surface area contributed by atoms with Gasteiger partial charge in [-0.05, 0) is 24.1 Å². The average Bonchev–Trinajstić information content (AvgIpc) is 2.96. The molecule has 1 heterocycles. The molecule has 0 saturated carbocycles. The van der Waals surface area contributed by atoms with Crippen LogP contribution in [-0.2, 0) is 6.54 Å². The van der Waals surface area contributed by atoms with Gasteiger partial charge in [-0.2, -0.15) is 0 Å². The van der Waals surface area contributed by atoms with Crippen LogP contribution >= 0.6 is 23.2 Å². The van der Waals surface area contributed by atoms with Crippen LogP contribution in [0.3, 0.4) is 0 Å². The van der Waals surface area contributed by atoms with Crippen LogP contribution < -0.4 is 0 Å². The smallest absolute Gasteiger partial charge is 0.291 e. The van der Waals surface area contributed by atoms with Gasteiger partial charge in [-0.15, -0.1) is 10.1 Å². The maximum atomic E-state index is 8.36. The summed E-state index contributed by atoms with van der Waals surface area (Å²) in [6.45, 7) is 3.11. The van der Waals surface area contributed by atoms with Gasteiger partial charge in [-0.3, -0.25) is 0 Å². The van der Waals surface area contributed by atoms with E-state index < -0.39 is 5.09 Å². The second kappa shape index (κ2) is 10.1. The van der Waals surface area contributed by atoms with E-state index in [0.717, 1.165) is 18.0 Å². The topological polar surface area (TPSA) is 81.2 Å². The van der Waals surface area contributed by atoms with Crippen molar-refractivity contribution in [1.82, 2.24) is 9.55 Å². The van der Waals surface area contributed by atoms with E-state index in [0.29, 0.717) is 10.9 Å². The molecular weight excluding hydrogens is 341 g/mol. The van der Waals surface area contributed by atoms with E-state index in [2.05, 4.69) is 16.5 Å². The lowest BCUT2D eigenvalue weighted by molar-refractivity contribution is -0.742. The predicted molar refractivity (Wildman–Crippen MR) is 89.7 cm³/mol. The molecule has 2 rings (SSSR count). The van der Waals surface area contributed by atoms with E-state index in [1.807, 2.05) is 30.7 Å². The molecule has 23 heavy (non-hydrogen) atoms. The highest BCUT2D eigenvalue weighted by Gasteiger charge is 2.15. The van der Waals surface area contributed by atoms with Crippen molar-refractivity contribution in [3.05, 3.63) is 62.6 Å². The first-order valence-corrected chi connectivity index (χ1v) is 7.93.